The van der Waals surface area contributed by atoms with Crippen molar-refractivity contribution in [2.45, 2.75) is 19.0 Å². The van der Waals surface area contributed by atoms with Crippen LogP contribution in [0.25, 0.3) is 17.1 Å². The lowest BCUT2D eigenvalue weighted by Gasteiger charge is -2.12. The van der Waals surface area contributed by atoms with Gasteiger partial charge in [-0.1, -0.05) is 42.1 Å². The summed E-state index contributed by atoms with van der Waals surface area (Å²) in [5.74, 6) is -0.699. The van der Waals surface area contributed by atoms with Gasteiger partial charge in [-0.3, -0.25) is 9.36 Å². The van der Waals surface area contributed by atoms with Crippen LogP contribution in [-0.2, 0) is 4.79 Å². The van der Waals surface area contributed by atoms with Crippen molar-refractivity contribution in [3.8, 4) is 17.1 Å². The van der Waals surface area contributed by atoms with Gasteiger partial charge >= 0.3 is 0 Å². The lowest BCUT2D eigenvalue weighted by Crippen LogP contribution is -2.16. The molecule has 0 saturated heterocycles. The quantitative estimate of drug-likeness (QED) is 0.391. The monoisotopic (exact) mass is 450 g/mol. The Kier molecular flexibility index (Phi) is 6.32. The van der Waals surface area contributed by atoms with E-state index >= 15 is 0 Å². The van der Waals surface area contributed by atoms with Crippen LogP contribution in [0.3, 0.4) is 0 Å². The van der Waals surface area contributed by atoms with Gasteiger partial charge in [0, 0.05) is 11.4 Å². The van der Waals surface area contributed by atoms with E-state index in [0.29, 0.717) is 10.8 Å². The largest absolute Gasteiger partial charge is 0.325 e. The molecule has 0 bridgehead atoms. The number of hydrogen-bond acceptors (Lipinski definition) is 4. The molecule has 0 aliphatic carbocycles. The van der Waals surface area contributed by atoms with Gasteiger partial charge in [0.15, 0.2) is 11.0 Å². The molecule has 162 valence electrons. The first-order valence-corrected chi connectivity index (χ1v) is 10.9. The van der Waals surface area contributed by atoms with Crippen LogP contribution in [-0.4, -0.2) is 26.4 Å². The second-order valence-corrected chi connectivity index (χ2v) is 8.14. The van der Waals surface area contributed by atoms with E-state index in [4.69, 9.17) is 0 Å². The number of amides is 1. The van der Waals surface area contributed by atoms with E-state index in [9.17, 15) is 13.6 Å². The molecular weight excluding hydrogens is 430 g/mol. The standard InChI is InChI=1S/C24H20F2N4OS/c1-15-6-5-7-16(2)22(15)27-21(31)14-32-24-29-28-23(19-8-3-4-9-20(19)26)30(24)18-12-10-17(25)11-13-18/h3-13H,14H2,1-2H3,(H,27,31). The summed E-state index contributed by atoms with van der Waals surface area (Å²) in [5.41, 5.74) is 3.55. The Balaban J connectivity index is 1.63. The van der Waals surface area contributed by atoms with Gasteiger partial charge in [0.05, 0.1) is 11.3 Å². The number of nitrogens with one attached hydrogen (secondary N) is 1. The predicted molar refractivity (Wildman–Crippen MR) is 122 cm³/mol. The zero-order chi connectivity index (χ0) is 22.7. The maximum atomic E-state index is 14.5. The van der Waals surface area contributed by atoms with E-state index in [2.05, 4.69) is 15.5 Å². The summed E-state index contributed by atoms with van der Waals surface area (Å²) in [7, 11) is 0. The summed E-state index contributed by atoms with van der Waals surface area (Å²) in [6.45, 7) is 3.86. The van der Waals surface area contributed by atoms with Crippen LogP contribution in [0.5, 0.6) is 0 Å². The molecule has 0 radical (unpaired) electrons. The highest BCUT2D eigenvalue weighted by atomic mass is 32.2. The molecule has 0 aliphatic rings. The molecule has 0 saturated carbocycles. The van der Waals surface area contributed by atoms with Crippen molar-refractivity contribution in [1.82, 2.24) is 14.8 Å². The number of benzene rings is 3. The number of hydrogen-bond donors (Lipinski definition) is 1. The molecule has 3 aromatic carbocycles. The minimum atomic E-state index is -0.451. The number of aryl methyl sites for hydroxylation is 2. The molecule has 0 atom stereocenters. The van der Waals surface area contributed by atoms with Gasteiger partial charge < -0.3 is 5.32 Å². The van der Waals surface area contributed by atoms with Crippen LogP contribution in [0.1, 0.15) is 11.1 Å². The van der Waals surface area contributed by atoms with Crippen molar-refractivity contribution >= 4 is 23.4 Å². The molecule has 0 unspecified atom stereocenters. The van der Waals surface area contributed by atoms with Crippen LogP contribution in [0.15, 0.2) is 71.9 Å². The summed E-state index contributed by atoms with van der Waals surface area (Å²) in [6.07, 6.45) is 0. The van der Waals surface area contributed by atoms with Crippen molar-refractivity contribution in [1.29, 1.82) is 0 Å². The third-order valence-corrected chi connectivity index (χ3v) is 5.84. The molecule has 32 heavy (non-hydrogen) atoms. The van der Waals surface area contributed by atoms with Gasteiger partial charge in [0.25, 0.3) is 0 Å². The fourth-order valence-corrected chi connectivity index (χ4v) is 4.07. The lowest BCUT2D eigenvalue weighted by molar-refractivity contribution is -0.113. The Labute approximate surface area is 188 Å². The van der Waals surface area contributed by atoms with Crippen LogP contribution >= 0.6 is 11.8 Å². The SMILES string of the molecule is Cc1cccc(C)c1NC(=O)CSc1nnc(-c2ccccc2F)n1-c1ccc(F)cc1. The second kappa shape index (κ2) is 9.32. The Morgan fingerprint density at radius 3 is 2.31 bits per heavy atom. The number of carbonyl (C=O) groups is 1. The summed E-state index contributed by atoms with van der Waals surface area (Å²) >= 11 is 1.17. The number of carbonyl (C=O) groups excluding carboxylic acids is 1. The minimum absolute atomic E-state index is 0.0738. The first kappa shape index (κ1) is 21.7. The summed E-state index contributed by atoms with van der Waals surface area (Å²) in [6, 6.07) is 17.8. The van der Waals surface area contributed by atoms with Gasteiger partial charge in [-0.25, -0.2) is 8.78 Å². The van der Waals surface area contributed by atoms with E-state index in [1.54, 1.807) is 34.9 Å². The molecule has 0 aliphatic heterocycles. The topological polar surface area (TPSA) is 59.8 Å². The van der Waals surface area contributed by atoms with Gasteiger partial charge in [0.1, 0.15) is 11.6 Å². The number of aromatic nitrogens is 3. The first-order chi connectivity index (χ1) is 15.4. The maximum absolute atomic E-state index is 14.5. The number of thioether (sulfide) groups is 1. The Morgan fingerprint density at radius 2 is 1.62 bits per heavy atom. The van der Waals surface area contributed by atoms with Crippen molar-refractivity contribution < 1.29 is 13.6 Å². The molecular formula is C24H20F2N4OS. The van der Waals surface area contributed by atoms with E-state index in [1.807, 2.05) is 32.0 Å². The number of halogens is 2. The van der Waals surface area contributed by atoms with Crippen molar-refractivity contribution in [2.24, 2.45) is 0 Å². The van der Waals surface area contributed by atoms with Gasteiger partial charge in [-0.05, 0) is 61.4 Å². The molecule has 0 fully saturated rings. The van der Waals surface area contributed by atoms with Crippen LogP contribution in [0.2, 0.25) is 0 Å². The van der Waals surface area contributed by atoms with E-state index in [-0.39, 0.29) is 23.0 Å². The van der Waals surface area contributed by atoms with Crippen molar-refractivity contribution in [2.75, 3.05) is 11.1 Å². The minimum Gasteiger partial charge on any atom is -0.325 e. The van der Waals surface area contributed by atoms with E-state index in [0.717, 1.165) is 16.8 Å². The van der Waals surface area contributed by atoms with Crippen LogP contribution < -0.4 is 5.32 Å². The predicted octanol–water partition coefficient (Wildman–Crippen LogP) is 5.56. The van der Waals surface area contributed by atoms with Crippen molar-refractivity contribution in [3.05, 3.63) is 89.5 Å². The highest BCUT2D eigenvalue weighted by Gasteiger charge is 2.20. The number of rotatable bonds is 6. The lowest BCUT2D eigenvalue weighted by atomic mass is 10.1. The number of para-hydroxylation sites is 1. The molecule has 1 heterocycles. The molecule has 4 aromatic rings. The van der Waals surface area contributed by atoms with Crippen LogP contribution in [0, 0.1) is 25.5 Å². The first-order valence-electron chi connectivity index (χ1n) is 9.89. The van der Waals surface area contributed by atoms with Crippen LogP contribution in [0.4, 0.5) is 14.5 Å². The summed E-state index contributed by atoms with van der Waals surface area (Å²) in [4.78, 5) is 12.6. The third kappa shape index (κ3) is 4.55. The Morgan fingerprint density at radius 1 is 0.938 bits per heavy atom. The molecule has 1 N–H and O–H groups in total. The maximum Gasteiger partial charge on any atom is 0.234 e. The highest BCUT2D eigenvalue weighted by Crippen LogP contribution is 2.30. The fraction of sp³-hybridized carbons (Fsp3) is 0.125. The number of anilines is 1. The molecule has 4 rings (SSSR count). The van der Waals surface area contributed by atoms with E-state index < -0.39 is 11.6 Å². The Bertz CT molecular complexity index is 1250. The van der Waals surface area contributed by atoms with Gasteiger partial charge in [-0.2, -0.15) is 0 Å². The van der Waals surface area contributed by atoms with Crippen molar-refractivity contribution in [3.63, 3.8) is 0 Å². The molecule has 8 heteroatoms. The zero-order valence-corrected chi connectivity index (χ0v) is 18.3. The average Bonchev–Trinajstić information content (AvgIpc) is 3.19. The Hall–Kier alpha value is -3.52. The average molecular weight is 451 g/mol. The molecule has 1 aromatic heterocycles. The summed E-state index contributed by atoms with van der Waals surface area (Å²) < 4.78 is 29.6. The van der Waals surface area contributed by atoms with Gasteiger partial charge in [0.2, 0.25) is 5.91 Å². The number of nitrogens with zero attached hydrogens (tertiary/aromatic N) is 3. The van der Waals surface area contributed by atoms with E-state index in [1.165, 1.54) is 30.0 Å². The normalized spacial score (nSPS) is 10.9. The molecule has 0 spiro atoms. The smallest absolute Gasteiger partial charge is 0.234 e. The fourth-order valence-electron chi connectivity index (χ4n) is 3.32. The van der Waals surface area contributed by atoms with Gasteiger partial charge in [-0.15, -0.1) is 10.2 Å². The summed E-state index contributed by atoms with van der Waals surface area (Å²) in [5, 5.41) is 11.7. The second-order valence-electron chi connectivity index (χ2n) is 7.20. The molecule has 5 nitrogen and oxygen atoms in total. The highest BCUT2D eigenvalue weighted by molar-refractivity contribution is 7.99. The molecule has 1 amide bonds. The zero-order valence-electron chi connectivity index (χ0n) is 17.5. The third-order valence-electron chi connectivity index (χ3n) is 4.91.